The van der Waals surface area contributed by atoms with Crippen molar-refractivity contribution in [1.29, 1.82) is 0 Å². The van der Waals surface area contributed by atoms with Crippen molar-refractivity contribution in [2.24, 2.45) is 0 Å². The topological polar surface area (TPSA) is 20.1 Å². The number of benzene rings is 2. The Morgan fingerprint density at radius 3 is 2.62 bits per heavy atom. The molecule has 0 saturated carbocycles. The number of rotatable bonds is 0. The maximum Gasteiger partial charge on any atom is 0.426 e. The molecule has 1 atom stereocenters. The maximum atomic E-state index is 13.2. The molecule has 0 bridgehead atoms. The average Bonchev–Trinajstić information content (AvgIpc) is 2.57. The quantitative estimate of drug-likeness (QED) is 0.472. The molecule has 1 aliphatic carbocycles. The summed E-state index contributed by atoms with van der Waals surface area (Å²) in [5.41, 5.74) is 4.91. The van der Waals surface area contributed by atoms with Crippen LogP contribution in [0.1, 0.15) is 10.4 Å². The van der Waals surface area contributed by atoms with Gasteiger partial charge < -0.3 is 0 Å². The molecule has 0 saturated heterocycles. The molecule has 2 heterocycles. The van der Waals surface area contributed by atoms with Gasteiger partial charge in [-0.3, -0.25) is 0 Å². The monoisotopic (exact) mass is 458 g/mol. The molecule has 0 radical (unpaired) electrons. The third kappa shape index (κ3) is 2.01. The van der Waals surface area contributed by atoms with Gasteiger partial charge in [0.05, 0.1) is 16.0 Å². The molecule has 24 heavy (non-hydrogen) atoms. The van der Waals surface area contributed by atoms with Gasteiger partial charge in [0.2, 0.25) is 11.4 Å². The summed E-state index contributed by atoms with van der Waals surface area (Å²) in [6.45, 7) is 0. The van der Waals surface area contributed by atoms with Gasteiger partial charge in [-0.25, -0.2) is 4.79 Å². The van der Waals surface area contributed by atoms with Gasteiger partial charge in [0.1, 0.15) is 5.25 Å². The second-order valence-corrected chi connectivity index (χ2v) is 8.85. The van der Waals surface area contributed by atoms with E-state index in [0.717, 1.165) is 41.9 Å². The normalized spacial score (nSPS) is 20.3. The Hall–Kier alpha value is -1.43. The minimum atomic E-state index is 0.0537. The third-order valence-corrected chi connectivity index (χ3v) is 6.62. The number of carbonyl (C=O) groups excluding carboxylic acids is 1. The number of nitrogens with zero attached hydrogens (tertiary/aromatic N) is 1. The number of carbonyl (C=O) groups is 1. The lowest BCUT2D eigenvalue weighted by atomic mass is 9.92. The van der Waals surface area contributed by atoms with Gasteiger partial charge in [-0.1, -0.05) is 50.1 Å². The van der Waals surface area contributed by atoms with Crippen LogP contribution in [0.4, 0.5) is 5.69 Å². The van der Waals surface area contributed by atoms with E-state index in [4.69, 9.17) is 0 Å². The van der Waals surface area contributed by atoms with Crippen LogP contribution in [0.15, 0.2) is 68.5 Å². The Kier molecular flexibility index (Phi) is 3.27. The molecule has 5 heteroatoms. The van der Waals surface area contributed by atoms with Crippen LogP contribution >= 0.6 is 43.6 Å². The van der Waals surface area contributed by atoms with Gasteiger partial charge in [0, 0.05) is 20.6 Å². The zero-order valence-electron chi connectivity index (χ0n) is 12.3. The first-order valence-corrected chi connectivity index (χ1v) is 9.96. The van der Waals surface area contributed by atoms with Gasteiger partial charge in [-0.2, -0.15) is 0 Å². The SMILES string of the molecule is O=C1c2ccccc2-c2cc(Br)cc3c2[N+]1=C1C=CC(Br)=CC1S3. The Morgan fingerprint density at radius 2 is 1.79 bits per heavy atom. The van der Waals surface area contributed by atoms with E-state index in [9.17, 15) is 4.79 Å². The number of fused-ring (bicyclic) bond motifs is 3. The first-order chi connectivity index (χ1) is 11.6. The highest BCUT2D eigenvalue weighted by atomic mass is 79.9. The summed E-state index contributed by atoms with van der Waals surface area (Å²) in [5, 5.41) is 0.133. The highest BCUT2D eigenvalue weighted by Gasteiger charge is 2.44. The number of allylic oxidation sites excluding steroid dienone is 3. The highest BCUT2D eigenvalue weighted by Crippen LogP contribution is 2.50. The first-order valence-electron chi connectivity index (χ1n) is 7.50. The maximum absolute atomic E-state index is 13.2. The fourth-order valence-corrected chi connectivity index (χ4v) is 5.93. The molecular formula is C19H10Br2NOS+. The van der Waals surface area contributed by atoms with Gasteiger partial charge >= 0.3 is 5.91 Å². The summed E-state index contributed by atoms with van der Waals surface area (Å²) in [6, 6.07) is 12.1. The fourth-order valence-electron chi connectivity index (χ4n) is 3.45. The molecule has 1 unspecified atom stereocenters. The number of hydrogen-bond donors (Lipinski definition) is 0. The van der Waals surface area contributed by atoms with E-state index >= 15 is 0 Å². The van der Waals surface area contributed by atoms with Crippen LogP contribution in [0, 0.1) is 0 Å². The van der Waals surface area contributed by atoms with E-state index in [1.807, 2.05) is 41.0 Å². The smallest absolute Gasteiger partial charge is 0.214 e. The molecule has 0 spiro atoms. The summed E-state index contributed by atoms with van der Waals surface area (Å²) in [6.07, 6.45) is 6.20. The van der Waals surface area contributed by atoms with Crippen molar-refractivity contribution in [2.75, 3.05) is 0 Å². The van der Waals surface area contributed by atoms with Crippen molar-refractivity contribution in [3.05, 3.63) is 69.1 Å². The zero-order valence-corrected chi connectivity index (χ0v) is 16.3. The lowest BCUT2D eigenvalue weighted by Crippen LogP contribution is -2.35. The standard InChI is InChI=1S/C19H10Br2NOS/c20-10-5-6-15-16(8-10)24-17-9-11(21)7-14-12-3-1-2-4-13(12)19(23)22(15)18(14)17/h1-9,16H/q+1. The van der Waals surface area contributed by atoms with Crippen molar-refractivity contribution in [1.82, 2.24) is 0 Å². The van der Waals surface area contributed by atoms with Crippen LogP contribution < -0.4 is 0 Å². The summed E-state index contributed by atoms with van der Waals surface area (Å²) in [5.74, 6) is 0.0537. The van der Waals surface area contributed by atoms with E-state index in [0.29, 0.717) is 0 Å². The molecule has 2 nitrogen and oxygen atoms in total. The van der Waals surface area contributed by atoms with Crippen LogP contribution in [0.3, 0.4) is 0 Å². The van der Waals surface area contributed by atoms with E-state index in [-0.39, 0.29) is 11.2 Å². The van der Waals surface area contributed by atoms with Gasteiger partial charge in [0.15, 0.2) is 0 Å². The predicted molar refractivity (Wildman–Crippen MR) is 105 cm³/mol. The van der Waals surface area contributed by atoms with Crippen molar-refractivity contribution in [3.8, 4) is 11.1 Å². The number of hydrogen-bond acceptors (Lipinski definition) is 2. The molecule has 0 N–H and O–H groups in total. The molecule has 3 aliphatic rings. The van der Waals surface area contributed by atoms with E-state index < -0.39 is 0 Å². The van der Waals surface area contributed by atoms with Crippen molar-refractivity contribution in [2.45, 2.75) is 10.1 Å². The van der Waals surface area contributed by atoms with Crippen LogP contribution in [-0.4, -0.2) is 21.4 Å². The second-order valence-electron chi connectivity index (χ2n) is 5.83. The molecule has 2 aromatic rings. The largest absolute Gasteiger partial charge is 0.426 e. The molecule has 2 aromatic carbocycles. The van der Waals surface area contributed by atoms with Crippen molar-refractivity contribution < 1.29 is 9.37 Å². The summed E-state index contributed by atoms with van der Waals surface area (Å²) >= 11 is 8.97. The van der Waals surface area contributed by atoms with Crippen LogP contribution in [0.5, 0.6) is 0 Å². The van der Waals surface area contributed by atoms with E-state index in [2.05, 4.69) is 50.1 Å². The number of thioether (sulfide) groups is 1. The second kappa shape index (κ2) is 5.28. The number of halogens is 2. The molecule has 2 aliphatic heterocycles. The highest BCUT2D eigenvalue weighted by molar-refractivity contribution is 9.12. The van der Waals surface area contributed by atoms with E-state index in [1.54, 1.807) is 11.8 Å². The van der Waals surface area contributed by atoms with Crippen molar-refractivity contribution in [3.63, 3.8) is 0 Å². The molecule has 116 valence electrons. The fraction of sp³-hybridized carbons (Fsp3) is 0.0526. The Morgan fingerprint density at radius 1 is 1.00 bits per heavy atom. The summed E-state index contributed by atoms with van der Waals surface area (Å²) in [4.78, 5) is 14.4. The predicted octanol–water partition coefficient (Wildman–Crippen LogP) is 5.68. The number of amides is 1. The average molecular weight is 460 g/mol. The molecule has 5 rings (SSSR count). The Balaban J connectivity index is 1.92. The first kappa shape index (κ1) is 14.9. The van der Waals surface area contributed by atoms with E-state index in [1.165, 1.54) is 0 Å². The third-order valence-electron chi connectivity index (χ3n) is 4.44. The molecular weight excluding hydrogens is 450 g/mol. The van der Waals surface area contributed by atoms with Gasteiger partial charge in [-0.05, 0) is 30.4 Å². The summed E-state index contributed by atoms with van der Waals surface area (Å²) in [7, 11) is 0. The Labute approximate surface area is 160 Å². The lowest BCUT2D eigenvalue weighted by Gasteiger charge is -2.26. The van der Waals surface area contributed by atoms with Crippen molar-refractivity contribution >= 4 is 60.9 Å². The molecule has 0 fully saturated rings. The molecule has 1 amide bonds. The lowest BCUT2D eigenvalue weighted by molar-refractivity contribution is -0.339. The van der Waals surface area contributed by atoms with Gasteiger partial charge in [0.25, 0.3) is 0 Å². The summed E-state index contributed by atoms with van der Waals surface area (Å²) < 4.78 is 3.98. The zero-order chi connectivity index (χ0) is 16.4. The van der Waals surface area contributed by atoms with Crippen LogP contribution in [0.25, 0.3) is 11.1 Å². The minimum absolute atomic E-state index is 0.0537. The molecule has 0 aromatic heterocycles. The van der Waals surface area contributed by atoms with Gasteiger partial charge in [-0.15, -0.1) is 16.3 Å². The minimum Gasteiger partial charge on any atom is -0.214 e. The Bertz CT molecular complexity index is 1040. The van der Waals surface area contributed by atoms with Crippen LogP contribution in [0.2, 0.25) is 0 Å². The van der Waals surface area contributed by atoms with Crippen LogP contribution in [-0.2, 0) is 0 Å².